The average Bonchev–Trinajstić information content (AvgIpc) is 2.60. The Hall–Kier alpha value is -2.11. The summed E-state index contributed by atoms with van der Waals surface area (Å²) in [4.78, 5) is 2.10. The highest BCUT2D eigenvalue weighted by atomic mass is 32.1. The standard InChI is InChI=1S/C18H22N2O2S/c1-21-13-12-20(14-15-6-4-3-5-7-15)18(23)19-16-8-10-17(22-2)11-9-16/h3-11H,12-14H2,1-2H3,(H,19,23). The lowest BCUT2D eigenvalue weighted by Gasteiger charge is -2.26. The van der Waals surface area contributed by atoms with Gasteiger partial charge in [0.15, 0.2) is 5.11 Å². The van der Waals surface area contributed by atoms with Gasteiger partial charge >= 0.3 is 0 Å². The second-order valence-electron chi connectivity index (χ2n) is 5.06. The molecule has 2 aromatic rings. The van der Waals surface area contributed by atoms with Gasteiger partial charge in [0.25, 0.3) is 0 Å². The van der Waals surface area contributed by atoms with E-state index in [1.807, 2.05) is 42.5 Å². The van der Waals surface area contributed by atoms with E-state index in [0.29, 0.717) is 11.7 Å². The van der Waals surface area contributed by atoms with Crippen molar-refractivity contribution in [3.63, 3.8) is 0 Å². The SMILES string of the molecule is COCCN(Cc1ccccc1)C(=S)Nc1ccc(OC)cc1. The minimum atomic E-state index is 0.622. The van der Waals surface area contributed by atoms with E-state index < -0.39 is 0 Å². The van der Waals surface area contributed by atoms with Crippen LogP contribution in [-0.2, 0) is 11.3 Å². The molecule has 0 aliphatic rings. The third-order valence-electron chi connectivity index (χ3n) is 3.41. The zero-order valence-corrected chi connectivity index (χ0v) is 14.3. The summed E-state index contributed by atoms with van der Waals surface area (Å²) in [6.07, 6.45) is 0. The van der Waals surface area contributed by atoms with Gasteiger partial charge < -0.3 is 19.7 Å². The van der Waals surface area contributed by atoms with Gasteiger partial charge in [-0.15, -0.1) is 0 Å². The third kappa shape index (κ3) is 5.54. The third-order valence-corrected chi connectivity index (χ3v) is 3.77. The zero-order valence-electron chi connectivity index (χ0n) is 13.5. The molecule has 0 aliphatic carbocycles. The van der Waals surface area contributed by atoms with Crippen molar-refractivity contribution in [2.45, 2.75) is 6.54 Å². The van der Waals surface area contributed by atoms with Gasteiger partial charge in [0, 0.05) is 25.9 Å². The van der Waals surface area contributed by atoms with E-state index in [9.17, 15) is 0 Å². The molecule has 0 radical (unpaired) electrons. The van der Waals surface area contributed by atoms with Crippen molar-refractivity contribution in [2.24, 2.45) is 0 Å². The molecule has 0 aromatic heterocycles. The number of ether oxygens (including phenoxy) is 2. The first-order valence-corrected chi connectivity index (χ1v) is 7.86. The molecule has 122 valence electrons. The lowest BCUT2D eigenvalue weighted by Crippen LogP contribution is -2.36. The molecule has 1 N–H and O–H groups in total. The van der Waals surface area contributed by atoms with Gasteiger partial charge in [-0.3, -0.25) is 0 Å². The second-order valence-corrected chi connectivity index (χ2v) is 5.45. The number of hydrogen-bond donors (Lipinski definition) is 1. The van der Waals surface area contributed by atoms with E-state index in [1.54, 1.807) is 14.2 Å². The van der Waals surface area contributed by atoms with Gasteiger partial charge in [0.2, 0.25) is 0 Å². The van der Waals surface area contributed by atoms with Crippen LogP contribution in [0.25, 0.3) is 0 Å². The van der Waals surface area contributed by atoms with Gasteiger partial charge in [-0.25, -0.2) is 0 Å². The smallest absolute Gasteiger partial charge is 0.173 e. The molecule has 0 fully saturated rings. The molecule has 2 rings (SSSR count). The summed E-state index contributed by atoms with van der Waals surface area (Å²) in [5.74, 6) is 0.821. The van der Waals surface area contributed by atoms with Crippen molar-refractivity contribution in [1.82, 2.24) is 4.90 Å². The van der Waals surface area contributed by atoms with Gasteiger partial charge in [0.05, 0.1) is 13.7 Å². The first-order valence-electron chi connectivity index (χ1n) is 7.46. The Kier molecular flexibility index (Phi) is 6.84. The van der Waals surface area contributed by atoms with Crippen LogP contribution in [0.1, 0.15) is 5.56 Å². The van der Waals surface area contributed by atoms with E-state index in [4.69, 9.17) is 21.7 Å². The number of thiocarbonyl (C=S) groups is 1. The van der Waals surface area contributed by atoms with Crippen molar-refractivity contribution >= 4 is 23.0 Å². The maximum absolute atomic E-state index is 5.56. The van der Waals surface area contributed by atoms with E-state index in [0.717, 1.165) is 24.5 Å². The first kappa shape index (κ1) is 17.2. The Morgan fingerprint density at radius 3 is 2.35 bits per heavy atom. The highest BCUT2D eigenvalue weighted by Crippen LogP contribution is 2.16. The van der Waals surface area contributed by atoms with E-state index in [-0.39, 0.29) is 0 Å². The number of benzene rings is 2. The maximum Gasteiger partial charge on any atom is 0.173 e. The number of hydrogen-bond acceptors (Lipinski definition) is 3. The van der Waals surface area contributed by atoms with Crippen LogP contribution in [-0.4, -0.2) is 37.4 Å². The van der Waals surface area contributed by atoms with E-state index in [2.05, 4.69) is 22.3 Å². The van der Waals surface area contributed by atoms with Gasteiger partial charge in [0.1, 0.15) is 5.75 Å². The number of nitrogens with zero attached hydrogens (tertiary/aromatic N) is 1. The molecule has 0 atom stereocenters. The number of methoxy groups -OCH3 is 2. The Morgan fingerprint density at radius 2 is 1.74 bits per heavy atom. The van der Waals surface area contributed by atoms with Crippen molar-refractivity contribution in [3.05, 3.63) is 60.2 Å². The fourth-order valence-electron chi connectivity index (χ4n) is 2.13. The van der Waals surface area contributed by atoms with Crippen LogP contribution in [0.2, 0.25) is 0 Å². The molecule has 5 heteroatoms. The van der Waals surface area contributed by atoms with Crippen LogP contribution in [0, 0.1) is 0 Å². The summed E-state index contributed by atoms with van der Waals surface area (Å²) in [5.41, 5.74) is 2.15. The Balaban J connectivity index is 2.02. The van der Waals surface area contributed by atoms with Crippen LogP contribution in [0.15, 0.2) is 54.6 Å². The normalized spacial score (nSPS) is 10.2. The molecule has 4 nitrogen and oxygen atoms in total. The quantitative estimate of drug-likeness (QED) is 0.785. The zero-order chi connectivity index (χ0) is 16.5. The second kappa shape index (κ2) is 9.12. The molecule has 0 saturated carbocycles. The summed E-state index contributed by atoms with van der Waals surface area (Å²) >= 11 is 5.56. The Bertz CT molecular complexity index is 602. The van der Waals surface area contributed by atoms with Crippen molar-refractivity contribution in [1.29, 1.82) is 0 Å². The molecule has 0 heterocycles. The molecule has 0 bridgehead atoms. The highest BCUT2D eigenvalue weighted by Gasteiger charge is 2.10. The predicted molar refractivity (Wildman–Crippen MR) is 97.9 cm³/mol. The fourth-order valence-corrected chi connectivity index (χ4v) is 2.41. The van der Waals surface area contributed by atoms with E-state index in [1.165, 1.54) is 5.56 Å². The highest BCUT2D eigenvalue weighted by molar-refractivity contribution is 7.80. The molecular formula is C18H22N2O2S. The topological polar surface area (TPSA) is 33.7 Å². The van der Waals surface area contributed by atoms with Crippen LogP contribution < -0.4 is 10.1 Å². The molecule has 0 saturated heterocycles. The van der Waals surface area contributed by atoms with Crippen molar-refractivity contribution in [2.75, 3.05) is 32.7 Å². The Morgan fingerprint density at radius 1 is 1.04 bits per heavy atom. The first-order chi connectivity index (χ1) is 11.2. The molecule has 0 amide bonds. The number of anilines is 1. The van der Waals surface area contributed by atoms with E-state index >= 15 is 0 Å². The monoisotopic (exact) mass is 330 g/mol. The summed E-state index contributed by atoms with van der Waals surface area (Å²) in [5, 5.41) is 3.95. The summed E-state index contributed by atoms with van der Waals surface area (Å²) in [6.45, 7) is 2.09. The molecular weight excluding hydrogens is 308 g/mol. The largest absolute Gasteiger partial charge is 0.497 e. The molecule has 23 heavy (non-hydrogen) atoms. The molecule has 2 aromatic carbocycles. The van der Waals surface area contributed by atoms with Crippen LogP contribution >= 0.6 is 12.2 Å². The lowest BCUT2D eigenvalue weighted by atomic mass is 10.2. The average molecular weight is 330 g/mol. The van der Waals surface area contributed by atoms with Gasteiger partial charge in [-0.05, 0) is 42.0 Å². The minimum Gasteiger partial charge on any atom is -0.497 e. The maximum atomic E-state index is 5.56. The van der Waals surface area contributed by atoms with Crippen molar-refractivity contribution in [3.8, 4) is 5.75 Å². The number of rotatable bonds is 7. The predicted octanol–water partition coefficient (Wildman–Crippen LogP) is 3.54. The van der Waals surface area contributed by atoms with Gasteiger partial charge in [-0.1, -0.05) is 30.3 Å². The summed E-state index contributed by atoms with van der Waals surface area (Å²) in [7, 11) is 3.35. The molecule has 0 unspecified atom stereocenters. The lowest BCUT2D eigenvalue weighted by molar-refractivity contribution is 0.175. The number of nitrogens with one attached hydrogen (secondary N) is 1. The summed E-state index contributed by atoms with van der Waals surface area (Å²) < 4.78 is 10.4. The van der Waals surface area contributed by atoms with Crippen LogP contribution in [0.5, 0.6) is 5.75 Å². The Labute approximate surface area is 143 Å². The van der Waals surface area contributed by atoms with Crippen LogP contribution in [0.4, 0.5) is 5.69 Å². The molecule has 0 aliphatic heterocycles. The van der Waals surface area contributed by atoms with Crippen LogP contribution in [0.3, 0.4) is 0 Å². The van der Waals surface area contributed by atoms with Crippen molar-refractivity contribution < 1.29 is 9.47 Å². The minimum absolute atomic E-state index is 0.622. The summed E-state index contributed by atoms with van der Waals surface area (Å²) in [6, 6.07) is 18.0. The van der Waals surface area contributed by atoms with Gasteiger partial charge in [-0.2, -0.15) is 0 Å². The fraction of sp³-hybridized carbons (Fsp3) is 0.278. The molecule has 0 spiro atoms.